The maximum Gasteiger partial charge on any atom is 0.324 e. The second-order valence-corrected chi connectivity index (χ2v) is 6.25. The fourth-order valence-electron chi connectivity index (χ4n) is 3.74. The summed E-state index contributed by atoms with van der Waals surface area (Å²) in [6.07, 6.45) is 7.88. The summed E-state index contributed by atoms with van der Waals surface area (Å²) in [6.45, 7) is 3.78. The Morgan fingerprint density at radius 3 is 2.63 bits per heavy atom. The van der Waals surface area contributed by atoms with Crippen LogP contribution in [0.4, 0.5) is 0 Å². The minimum atomic E-state index is -0.658. The number of rotatable bonds is 7. The summed E-state index contributed by atoms with van der Waals surface area (Å²) in [6, 6.07) is 0.750. The van der Waals surface area contributed by atoms with Crippen molar-refractivity contribution in [3.63, 3.8) is 0 Å². The summed E-state index contributed by atoms with van der Waals surface area (Å²) in [5, 5.41) is 12.9. The second-order valence-electron chi connectivity index (χ2n) is 6.25. The van der Waals surface area contributed by atoms with Crippen molar-refractivity contribution in [3.8, 4) is 0 Å². The van der Waals surface area contributed by atoms with Crippen molar-refractivity contribution in [3.05, 3.63) is 0 Å². The molecule has 0 bridgehead atoms. The van der Waals surface area contributed by atoms with E-state index in [0.29, 0.717) is 0 Å². The zero-order chi connectivity index (χ0) is 13.9. The number of aliphatic carboxylic acids is 1. The van der Waals surface area contributed by atoms with Crippen molar-refractivity contribution in [1.29, 1.82) is 0 Å². The molecule has 4 nitrogen and oxygen atoms in total. The molecular weight excluding hydrogens is 240 g/mol. The van der Waals surface area contributed by atoms with Crippen molar-refractivity contribution in [1.82, 2.24) is 10.2 Å². The lowest BCUT2D eigenvalue weighted by atomic mass is 9.84. The summed E-state index contributed by atoms with van der Waals surface area (Å²) >= 11 is 0. The van der Waals surface area contributed by atoms with Crippen LogP contribution < -0.4 is 5.32 Å². The molecule has 0 amide bonds. The van der Waals surface area contributed by atoms with Crippen molar-refractivity contribution < 1.29 is 9.90 Å². The van der Waals surface area contributed by atoms with Crippen molar-refractivity contribution in [2.75, 3.05) is 20.1 Å². The topological polar surface area (TPSA) is 52.6 Å². The molecule has 0 radical (unpaired) electrons. The van der Waals surface area contributed by atoms with Gasteiger partial charge in [-0.2, -0.15) is 0 Å². The zero-order valence-corrected chi connectivity index (χ0v) is 12.3. The van der Waals surface area contributed by atoms with Crippen molar-refractivity contribution in [2.24, 2.45) is 5.92 Å². The highest BCUT2D eigenvalue weighted by molar-refractivity contribution is 5.79. The third kappa shape index (κ3) is 2.95. The van der Waals surface area contributed by atoms with Gasteiger partial charge in [0.1, 0.15) is 5.54 Å². The first-order valence-corrected chi connectivity index (χ1v) is 7.79. The van der Waals surface area contributed by atoms with Crippen LogP contribution in [-0.4, -0.2) is 47.7 Å². The largest absolute Gasteiger partial charge is 0.480 e. The van der Waals surface area contributed by atoms with Gasteiger partial charge in [-0.1, -0.05) is 19.8 Å². The van der Waals surface area contributed by atoms with Crippen molar-refractivity contribution >= 4 is 5.97 Å². The van der Waals surface area contributed by atoms with E-state index in [0.717, 1.165) is 44.8 Å². The first kappa shape index (κ1) is 14.8. The monoisotopic (exact) mass is 268 g/mol. The van der Waals surface area contributed by atoms with Crippen LogP contribution in [0.5, 0.6) is 0 Å². The maximum absolute atomic E-state index is 11.7. The van der Waals surface area contributed by atoms with Gasteiger partial charge in [0.05, 0.1) is 0 Å². The lowest BCUT2D eigenvalue weighted by molar-refractivity contribution is -0.146. The molecule has 0 aromatic rings. The summed E-state index contributed by atoms with van der Waals surface area (Å²) in [4.78, 5) is 14.1. The normalized spacial score (nSPS) is 31.6. The Bertz CT molecular complexity index is 317. The van der Waals surface area contributed by atoms with Gasteiger partial charge >= 0.3 is 5.97 Å². The van der Waals surface area contributed by atoms with Gasteiger partial charge in [-0.3, -0.25) is 4.79 Å². The third-order valence-corrected chi connectivity index (χ3v) is 5.22. The standard InChI is InChI=1S/C15H28N2O2/c1-3-16-15(14(18)19)10-5-6-12(15)9-11-17(2)13-7-4-8-13/h12-13,16H,3-11H2,1-2H3,(H,18,19). The summed E-state index contributed by atoms with van der Waals surface area (Å²) in [5.74, 6) is -0.365. The number of hydrogen-bond donors (Lipinski definition) is 2. The molecule has 19 heavy (non-hydrogen) atoms. The molecular formula is C15H28N2O2. The van der Waals surface area contributed by atoms with Crippen LogP contribution in [-0.2, 0) is 4.79 Å². The third-order valence-electron chi connectivity index (χ3n) is 5.22. The quantitative estimate of drug-likeness (QED) is 0.742. The maximum atomic E-state index is 11.7. The molecule has 2 aliphatic carbocycles. The van der Waals surface area contributed by atoms with Gasteiger partial charge in [0.15, 0.2) is 0 Å². The highest BCUT2D eigenvalue weighted by Crippen LogP contribution is 2.38. The molecule has 0 aromatic carbocycles. The Kier molecular flexibility index (Phi) is 4.85. The molecule has 2 fully saturated rings. The molecule has 0 saturated heterocycles. The van der Waals surface area contributed by atoms with E-state index >= 15 is 0 Å². The van der Waals surface area contributed by atoms with E-state index in [1.54, 1.807) is 0 Å². The van der Waals surface area contributed by atoms with Gasteiger partial charge in [0.2, 0.25) is 0 Å². The number of nitrogens with one attached hydrogen (secondary N) is 1. The minimum Gasteiger partial charge on any atom is -0.480 e. The van der Waals surface area contributed by atoms with E-state index in [-0.39, 0.29) is 5.92 Å². The van der Waals surface area contributed by atoms with Gasteiger partial charge in [-0.05, 0) is 58.2 Å². The molecule has 4 heteroatoms. The predicted octanol–water partition coefficient (Wildman–Crippen LogP) is 2.09. The van der Waals surface area contributed by atoms with Crippen LogP contribution in [0.1, 0.15) is 51.9 Å². The molecule has 0 aliphatic heterocycles. The number of nitrogens with zero attached hydrogens (tertiary/aromatic N) is 1. The molecule has 0 aromatic heterocycles. The van der Waals surface area contributed by atoms with Gasteiger partial charge in [0, 0.05) is 6.04 Å². The molecule has 2 N–H and O–H groups in total. The van der Waals surface area contributed by atoms with E-state index in [4.69, 9.17) is 0 Å². The Balaban J connectivity index is 1.91. The van der Waals surface area contributed by atoms with E-state index in [9.17, 15) is 9.90 Å². The highest BCUT2D eigenvalue weighted by Gasteiger charge is 2.48. The lowest BCUT2D eigenvalue weighted by Gasteiger charge is -2.37. The summed E-state index contributed by atoms with van der Waals surface area (Å²) < 4.78 is 0. The molecule has 2 unspecified atom stereocenters. The van der Waals surface area contributed by atoms with Crippen LogP contribution in [0.2, 0.25) is 0 Å². The van der Waals surface area contributed by atoms with Crippen LogP contribution in [0.15, 0.2) is 0 Å². The van der Waals surface area contributed by atoms with E-state index in [1.165, 1.54) is 19.3 Å². The molecule has 2 saturated carbocycles. The van der Waals surface area contributed by atoms with Crippen molar-refractivity contribution in [2.45, 2.75) is 63.5 Å². The number of likely N-dealkylation sites (N-methyl/N-ethyl adjacent to an activating group) is 1. The van der Waals surface area contributed by atoms with Gasteiger partial charge in [-0.25, -0.2) is 0 Å². The molecule has 0 heterocycles. The average Bonchev–Trinajstić information content (AvgIpc) is 2.69. The predicted molar refractivity (Wildman–Crippen MR) is 76.3 cm³/mol. The summed E-state index contributed by atoms with van der Waals surface area (Å²) in [7, 11) is 2.19. The Hall–Kier alpha value is -0.610. The van der Waals surface area contributed by atoms with E-state index in [2.05, 4.69) is 17.3 Å². The first-order chi connectivity index (χ1) is 9.10. The Labute approximate surface area is 116 Å². The lowest BCUT2D eigenvalue weighted by Crippen LogP contribution is -2.55. The molecule has 110 valence electrons. The second kappa shape index (κ2) is 6.23. The number of carbonyl (C=O) groups is 1. The molecule has 2 aliphatic rings. The Morgan fingerprint density at radius 2 is 2.11 bits per heavy atom. The fourth-order valence-corrected chi connectivity index (χ4v) is 3.74. The Morgan fingerprint density at radius 1 is 1.37 bits per heavy atom. The smallest absolute Gasteiger partial charge is 0.324 e. The first-order valence-electron chi connectivity index (χ1n) is 7.79. The van der Waals surface area contributed by atoms with E-state index in [1.807, 2.05) is 6.92 Å². The van der Waals surface area contributed by atoms with Crippen LogP contribution in [0.25, 0.3) is 0 Å². The van der Waals surface area contributed by atoms with Crippen LogP contribution >= 0.6 is 0 Å². The van der Waals surface area contributed by atoms with E-state index < -0.39 is 11.5 Å². The van der Waals surface area contributed by atoms with Gasteiger partial charge < -0.3 is 15.3 Å². The zero-order valence-electron chi connectivity index (χ0n) is 12.3. The van der Waals surface area contributed by atoms with Gasteiger partial charge in [0.25, 0.3) is 0 Å². The molecule has 2 rings (SSSR count). The number of carboxylic acids is 1. The van der Waals surface area contributed by atoms with Gasteiger partial charge in [-0.15, -0.1) is 0 Å². The average molecular weight is 268 g/mol. The van der Waals surface area contributed by atoms with Crippen LogP contribution in [0, 0.1) is 5.92 Å². The van der Waals surface area contributed by atoms with Crippen LogP contribution in [0.3, 0.4) is 0 Å². The number of hydrogen-bond acceptors (Lipinski definition) is 3. The highest BCUT2D eigenvalue weighted by atomic mass is 16.4. The summed E-state index contributed by atoms with van der Waals surface area (Å²) in [5.41, 5.74) is -0.658. The fraction of sp³-hybridized carbons (Fsp3) is 0.933. The molecule has 0 spiro atoms. The minimum absolute atomic E-state index is 0.285. The number of carboxylic acid groups (broad SMARTS) is 1. The SMILES string of the molecule is CCNC1(C(=O)O)CCCC1CCN(C)C1CCC1. The molecule has 2 atom stereocenters.